The third-order valence-electron chi connectivity index (χ3n) is 5.06. The Morgan fingerprint density at radius 2 is 1.71 bits per heavy atom. The summed E-state index contributed by atoms with van der Waals surface area (Å²) in [5.74, 6) is 1.72. The van der Waals surface area contributed by atoms with E-state index in [-0.39, 0.29) is 18.0 Å². The maximum Gasteiger partial charge on any atom is 0.243 e. The number of hydrogen-bond acceptors (Lipinski definition) is 5. The highest BCUT2D eigenvalue weighted by Gasteiger charge is 2.26. The average molecular weight is 495 g/mol. The fraction of sp³-hybridized carbons (Fsp3) is 0.115. The normalized spacial score (nSPS) is 11.9. The molecule has 1 aromatic heterocycles. The van der Waals surface area contributed by atoms with Crippen LogP contribution in [0.15, 0.2) is 105 Å². The van der Waals surface area contributed by atoms with Gasteiger partial charge in [-0.3, -0.25) is 4.99 Å². The summed E-state index contributed by atoms with van der Waals surface area (Å²) in [7, 11) is -2.20. The molecule has 0 fully saturated rings. The molecule has 0 aliphatic heterocycles. The number of rotatable bonds is 9. The Morgan fingerprint density at radius 3 is 2.44 bits per heavy atom. The minimum absolute atomic E-state index is 0.0624. The van der Waals surface area contributed by atoms with E-state index in [9.17, 15) is 8.42 Å². The van der Waals surface area contributed by atoms with Crippen LogP contribution in [0.2, 0.25) is 5.02 Å². The fourth-order valence-electron chi connectivity index (χ4n) is 3.32. The molecule has 3 aromatic carbocycles. The molecule has 0 atom stereocenters. The number of methoxy groups -OCH3 is 1. The molecule has 0 N–H and O–H groups in total. The first kappa shape index (κ1) is 23.8. The number of aliphatic imine (C=N–C) groups is 1. The van der Waals surface area contributed by atoms with Gasteiger partial charge in [-0.2, -0.15) is 4.31 Å². The van der Waals surface area contributed by atoms with Crippen LogP contribution in [-0.4, -0.2) is 26.0 Å². The largest absolute Gasteiger partial charge is 0.497 e. The molecular weight excluding hydrogens is 472 g/mol. The van der Waals surface area contributed by atoms with Crippen LogP contribution >= 0.6 is 11.6 Å². The summed E-state index contributed by atoms with van der Waals surface area (Å²) < 4.78 is 39.3. The Bertz CT molecular complexity index is 1370. The molecule has 0 amide bonds. The standard InChI is InChI=1S/C26H23ClN2O4S/c1-32-23-9-5-8-22(16-23)28-17-24-12-13-25(33-24)19-29(18-20-6-3-2-4-7-20)34(30,31)26-14-10-21(27)11-15-26/h2-17H,18-19H2,1H3. The summed E-state index contributed by atoms with van der Waals surface area (Å²) in [6.45, 7) is 0.257. The first-order chi connectivity index (χ1) is 16.4. The highest BCUT2D eigenvalue weighted by Crippen LogP contribution is 2.24. The van der Waals surface area contributed by atoms with Crippen molar-refractivity contribution in [1.29, 1.82) is 0 Å². The van der Waals surface area contributed by atoms with Crippen LogP contribution in [0.4, 0.5) is 5.69 Å². The Morgan fingerprint density at radius 1 is 0.941 bits per heavy atom. The van der Waals surface area contributed by atoms with Crippen LogP contribution in [-0.2, 0) is 23.1 Å². The first-order valence-corrected chi connectivity index (χ1v) is 12.3. The minimum atomic E-state index is -3.80. The van der Waals surface area contributed by atoms with Crippen molar-refractivity contribution in [1.82, 2.24) is 4.31 Å². The maximum absolute atomic E-state index is 13.4. The number of nitrogens with zero attached hydrogens (tertiary/aromatic N) is 2. The lowest BCUT2D eigenvalue weighted by Gasteiger charge is -2.21. The smallest absolute Gasteiger partial charge is 0.243 e. The van der Waals surface area contributed by atoms with E-state index in [1.165, 1.54) is 16.4 Å². The van der Waals surface area contributed by atoms with Crippen molar-refractivity contribution in [3.63, 3.8) is 0 Å². The topological polar surface area (TPSA) is 72.1 Å². The lowest BCUT2D eigenvalue weighted by Crippen LogP contribution is -2.30. The van der Waals surface area contributed by atoms with Gasteiger partial charge in [0.15, 0.2) is 0 Å². The molecule has 4 aromatic rings. The molecule has 0 spiro atoms. The molecule has 0 saturated heterocycles. The van der Waals surface area contributed by atoms with Gasteiger partial charge in [0.05, 0.1) is 30.5 Å². The van der Waals surface area contributed by atoms with E-state index < -0.39 is 10.0 Å². The summed E-state index contributed by atoms with van der Waals surface area (Å²) >= 11 is 5.95. The van der Waals surface area contributed by atoms with Gasteiger partial charge in [-0.05, 0) is 54.1 Å². The van der Waals surface area contributed by atoms with E-state index >= 15 is 0 Å². The van der Waals surface area contributed by atoms with E-state index in [4.69, 9.17) is 20.8 Å². The van der Waals surface area contributed by atoms with Gasteiger partial charge in [0.2, 0.25) is 10.0 Å². The van der Waals surface area contributed by atoms with Gasteiger partial charge in [-0.15, -0.1) is 0 Å². The van der Waals surface area contributed by atoms with Crippen molar-refractivity contribution in [3.8, 4) is 5.75 Å². The quantitative estimate of drug-likeness (QED) is 0.264. The predicted octanol–water partition coefficient (Wildman–Crippen LogP) is 6.08. The van der Waals surface area contributed by atoms with Crippen molar-refractivity contribution in [2.45, 2.75) is 18.0 Å². The second kappa shape index (κ2) is 10.7. The molecule has 8 heteroatoms. The molecule has 34 heavy (non-hydrogen) atoms. The molecule has 4 rings (SSSR count). The fourth-order valence-corrected chi connectivity index (χ4v) is 4.84. The second-order valence-electron chi connectivity index (χ2n) is 7.48. The minimum Gasteiger partial charge on any atom is -0.497 e. The van der Waals surface area contributed by atoms with E-state index in [1.807, 2.05) is 48.5 Å². The predicted molar refractivity (Wildman–Crippen MR) is 133 cm³/mol. The van der Waals surface area contributed by atoms with E-state index in [2.05, 4.69) is 4.99 Å². The van der Waals surface area contributed by atoms with Gasteiger partial charge in [0.1, 0.15) is 17.3 Å². The van der Waals surface area contributed by atoms with Crippen LogP contribution in [0.25, 0.3) is 0 Å². The molecule has 0 unspecified atom stereocenters. The Labute approximate surface area is 204 Å². The lowest BCUT2D eigenvalue weighted by molar-refractivity contribution is 0.357. The maximum atomic E-state index is 13.4. The highest BCUT2D eigenvalue weighted by atomic mass is 35.5. The second-order valence-corrected chi connectivity index (χ2v) is 9.85. The summed E-state index contributed by atoms with van der Waals surface area (Å²) in [6, 6.07) is 26.4. The van der Waals surface area contributed by atoms with E-state index in [0.717, 1.165) is 5.56 Å². The van der Waals surface area contributed by atoms with Gasteiger partial charge in [-0.25, -0.2) is 8.42 Å². The van der Waals surface area contributed by atoms with Crippen molar-refractivity contribution in [2.75, 3.05) is 7.11 Å². The van der Waals surface area contributed by atoms with Crippen molar-refractivity contribution < 1.29 is 17.6 Å². The Kier molecular flexibility index (Phi) is 7.47. The van der Waals surface area contributed by atoms with E-state index in [1.54, 1.807) is 43.7 Å². The number of sulfonamides is 1. The third-order valence-corrected chi connectivity index (χ3v) is 7.12. The molecule has 0 aliphatic rings. The van der Waals surface area contributed by atoms with Crippen LogP contribution in [0.5, 0.6) is 5.75 Å². The number of halogens is 1. The molecular formula is C26H23ClN2O4S. The molecule has 0 aliphatic carbocycles. The number of benzene rings is 3. The van der Waals surface area contributed by atoms with Crippen LogP contribution < -0.4 is 4.74 Å². The van der Waals surface area contributed by atoms with Crippen LogP contribution in [0.1, 0.15) is 17.1 Å². The van der Waals surface area contributed by atoms with Gasteiger partial charge in [0, 0.05) is 17.6 Å². The zero-order valence-corrected chi connectivity index (χ0v) is 20.0. The van der Waals surface area contributed by atoms with Crippen LogP contribution in [0.3, 0.4) is 0 Å². The molecule has 174 valence electrons. The van der Waals surface area contributed by atoms with Gasteiger partial charge >= 0.3 is 0 Å². The molecule has 0 saturated carbocycles. The molecule has 6 nitrogen and oxygen atoms in total. The summed E-state index contributed by atoms with van der Waals surface area (Å²) in [6.07, 6.45) is 1.59. The summed E-state index contributed by atoms with van der Waals surface area (Å²) in [5, 5.41) is 0.472. The van der Waals surface area contributed by atoms with E-state index in [0.29, 0.717) is 28.0 Å². The van der Waals surface area contributed by atoms with Gasteiger partial charge in [-0.1, -0.05) is 48.0 Å². The Hall–Kier alpha value is -3.39. The molecule has 0 bridgehead atoms. The summed E-state index contributed by atoms with van der Waals surface area (Å²) in [5.41, 5.74) is 1.58. The van der Waals surface area contributed by atoms with Crippen molar-refractivity contribution in [3.05, 3.63) is 113 Å². The number of furan rings is 1. The highest BCUT2D eigenvalue weighted by molar-refractivity contribution is 7.89. The van der Waals surface area contributed by atoms with Gasteiger partial charge in [0.25, 0.3) is 0 Å². The molecule has 1 heterocycles. The number of ether oxygens (including phenoxy) is 1. The SMILES string of the molecule is COc1cccc(N=Cc2ccc(CN(Cc3ccccc3)S(=O)(=O)c3ccc(Cl)cc3)o2)c1. The lowest BCUT2D eigenvalue weighted by atomic mass is 10.2. The monoisotopic (exact) mass is 494 g/mol. The molecule has 0 radical (unpaired) electrons. The zero-order valence-electron chi connectivity index (χ0n) is 18.5. The van der Waals surface area contributed by atoms with Crippen molar-refractivity contribution >= 4 is 33.5 Å². The average Bonchev–Trinajstić information content (AvgIpc) is 3.31. The van der Waals surface area contributed by atoms with Crippen LogP contribution in [0, 0.1) is 0 Å². The third kappa shape index (κ3) is 5.94. The first-order valence-electron chi connectivity index (χ1n) is 10.5. The van der Waals surface area contributed by atoms with Crippen molar-refractivity contribution in [2.24, 2.45) is 4.99 Å². The Balaban J connectivity index is 1.57. The number of hydrogen-bond donors (Lipinski definition) is 0. The zero-order chi connectivity index (χ0) is 24.0. The van der Waals surface area contributed by atoms with Gasteiger partial charge < -0.3 is 9.15 Å². The summed E-state index contributed by atoms with van der Waals surface area (Å²) in [4.78, 5) is 4.57.